The Kier molecular flexibility index (Phi) is 3.88. The number of carbonyl (C=O) groups is 1. The maximum Gasteiger partial charge on any atom is 0.258 e. The number of aryl methyl sites for hydroxylation is 1. The van der Waals surface area contributed by atoms with Crippen molar-refractivity contribution < 1.29 is 9.53 Å². The van der Waals surface area contributed by atoms with E-state index in [0.717, 1.165) is 23.4 Å². The predicted molar refractivity (Wildman–Crippen MR) is 88.8 cm³/mol. The summed E-state index contributed by atoms with van der Waals surface area (Å²) < 4.78 is 5.55. The molecule has 1 amide bonds. The smallest absolute Gasteiger partial charge is 0.258 e. The average molecular weight is 295 g/mol. The van der Waals surface area contributed by atoms with Crippen molar-refractivity contribution in [3.8, 4) is 5.75 Å². The minimum Gasteiger partial charge on any atom is -0.494 e. The van der Waals surface area contributed by atoms with E-state index in [1.165, 1.54) is 5.56 Å². The van der Waals surface area contributed by atoms with Crippen molar-refractivity contribution in [2.45, 2.75) is 33.2 Å². The topological polar surface area (TPSA) is 29.5 Å². The van der Waals surface area contributed by atoms with E-state index in [1.807, 2.05) is 55.1 Å². The Bertz CT molecular complexity index is 708. The molecular weight excluding hydrogens is 274 g/mol. The first-order valence-corrected chi connectivity index (χ1v) is 7.76. The fourth-order valence-electron chi connectivity index (χ4n) is 3.11. The molecule has 0 spiro atoms. The van der Waals surface area contributed by atoms with Crippen LogP contribution in [-0.4, -0.2) is 18.6 Å². The highest BCUT2D eigenvalue weighted by atomic mass is 16.5. The maximum atomic E-state index is 12.9. The molecule has 0 aliphatic carbocycles. The predicted octanol–water partition coefficient (Wildman–Crippen LogP) is 3.99. The Balaban J connectivity index is 1.93. The number of nitrogens with zero attached hydrogens (tertiary/aromatic N) is 1. The van der Waals surface area contributed by atoms with E-state index in [9.17, 15) is 4.79 Å². The maximum absolute atomic E-state index is 12.9. The molecule has 2 aromatic carbocycles. The van der Waals surface area contributed by atoms with Crippen LogP contribution in [0.25, 0.3) is 0 Å². The van der Waals surface area contributed by atoms with Gasteiger partial charge in [-0.3, -0.25) is 4.79 Å². The second-order valence-corrected chi connectivity index (χ2v) is 5.77. The molecule has 3 nitrogen and oxygen atoms in total. The Morgan fingerprint density at radius 1 is 1.27 bits per heavy atom. The van der Waals surface area contributed by atoms with Gasteiger partial charge in [-0.2, -0.15) is 0 Å². The third kappa shape index (κ3) is 2.47. The third-order valence-electron chi connectivity index (χ3n) is 4.15. The number of ether oxygens (including phenoxy) is 1. The van der Waals surface area contributed by atoms with Gasteiger partial charge in [0.15, 0.2) is 0 Å². The summed E-state index contributed by atoms with van der Waals surface area (Å²) in [6.45, 7) is 6.66. The molecule has 0 N–H and O–H groups in total. The van der Waals surface area contributed by atoms with Gasteiger partial charge in [0.05, 0.1) is 6.61 Å². The molecule has 0 fully saturated rings. The number of para-hydroxylation sites is 1. The van der Waals surface area contributed by atoms with Crippen molar-refractivity contribution in [3.05, 3.63) is 59.2 Å². The normalized spacial score (nSPS) is 16.5. The van der Waals surface area contributed by atoms with Crippen LogP contribution in [0.4, 0.5) is 5.69 Å². The SMILES string of the molecule is CCOc1ccc(C(=O)N2c3ccccc3CC2C)cc1C. The Hall–Kier alpha value is -2.29. The Morgan fingerprint density at radius 2 is 2.05 bits per heavy atom. The minimum atomic E-state index is 0.0589. The number of rotatable bonds is 3. The minimum absolute atomic E-state index is 0.0589. The van der Waals surface area contributed by atoms with Crippen LogP contribution >= 0.6 is 0 Å². The van der Waals surface area contributed by atoms with Gasteiger partial charge in [0.2, 0.25) is 0 Å². The first-order valence-electron chi connectivity index (χ1n) is 7.76. The summed E-state index contributed by atoms with van der Waals surface area (Å²) in [4.78, 5) is 14.8. The van der Waals surface area contributed by atoms with E-state index in [4.69, 9.17) is 4.74 Å². The van der Waals surface area contributed by atoms with E-state index in [1.54, 1.807) is 0 Å². The van der Waals surface area contributed by atoms with Gasteiger partial charge in [-0.1, -0.05) is 18.2 Å². The van der Waals surface area contributed by atoms with Crippen molar-refractivity contribution in [3.63, 3.8) is 0 Å². The first kappa shape index (κ1) is 14.6. The molecule has 1 aliphatic rings. The molecule has 1 atom stereocenters. The molecule has 0 saturated heterocycles. The van der Waals surface area contributed by atoms with Crippen LogP contribution in [0.5, 0.6) is 5.75 Å². The molecule has 3 heteroatoms. The summed E-state index contributed by atoms with van der Waals surface area (Å²) in [6.07, 6.45) is 0.915. The van der Waals surface area contributed by atoms with Gasteiger partial charge in [0.1, 0.15) is 5.75 Å². The van der Waals surface area contributed by atoms with Crippen LogP contribution in [0.2, 0.25) is 0 Å². The molecule has 0 aromatic heterocycles. The van der Waals surface area contributed by atoms with Crippen LogP contribution in [-0.2, 0) is 6.42 Å². The monoisotopic (exact) mass is 295 g/mol. The number of anilines is 1. The van der Waals surface area contributed by atoms with E-state index < -0.39 is 0 Å². The standard InChI is InChI=1S/C19H21NO2/c1-4-22-18-10-9-16(11-13(18)2)19(21)20-14(3)12-15-7-5-6-8-17(15)20/h5-11,14H,4,12H2,1-3H3. The fraction of sp³-hybridized carbons (Fsp3) is 0.316. The summed E-state index contributed by atoms with van der Waals surface area (Å²) in [5.74, 6) is 0.900. The van der Waals surface area contributed by atoms with Gasteiger partial charge in [-0.05, 0) is 62.6 Å². The molecule has 0 bridgehead atoms. The van der Waals surface area contributed by atoms with Crippen molar-refractivity contribution >= 4 is 11.6 Å². The molecule has 0 saturated carbocycles. The number of benzene rings is 2. The summed E-state index contributed by atoms with van der Waals surface area (Å²) in [5.41, 5.74) is 3.98. The highest BCUT2D eigenvalue weighted by molar-refractivity contribution is 6.08. The van der Waals surface area contributed by atoms with E-state index in [2.05, 4.69) is 13.0 Å². The highest BCUT2D eigenvalue weighted by Crippen LogP contribution is 2.33. The van der Waals surface area contributed by atoms with Crippen molar-refractivity contribution in [1.82, 2.24) is 0 Å². The number of hydrogen-bond acceptors (Lipinski definition) is 2. The van der Waals surface area contributed by atoms with Crippen LogP contribution in [0.1, 0.15) is 35.3 Å². The zero-order chi connectivity index (χ0) is 15.7. The van der Waals surface area contributed by atoms with Gasteiger partial charge in [-0.25, -0.2) is 0 Å². The summed E-state index contributed by atoms with van der Waals surface area (Å²) in [6, 6.07) is 14.0. The Labute approximate surface area is 131 Å². The Morgan fingerprint density at radius 3 is 2.77 bits per heavy atom. The molecule has 1 aliphatic heterocycles. The number of hydrogen-bond donors (Lipinski definition) is 0. The molecule has 22 heavy (non-hydrogen) atoms. The van der Waals surface area contributed by atoms with Crippen LogP contribution in [0.15, 0.2) is 42.5 Å². The first-order chi connectivity index (χ1) is 10.6. The summed E-state index contributed by atoms with van der Waals surface area (Å²) >= 11 is 0. The second-order valence-electron chi connectivity index (χ2n) is 5.77. The number of amides is 1. The van der Waals surface area contributed by atoms with Crippen LogP contribution in [0.3, 0.4) is 0 Å². The van der Waals surface area contributed by atoms with Gasteiger partial charge < -0.3 is 9.64 Å². The molecular formula is C19H21NO2. The number of fused-ring (bicyclic) bond motifs is 1. The van der Waals surface area contributed by atoms with Crippen molar-refractivity contribution in [2.24, 2.45) is 0 Å². The lowest BCUT2D eigenvalue weighted by Gasteiger charge is -2.23. The molecule has 2 aromatic rings. The molecule has 1 unspecified atom stereocenters. The lowest BCUT2D eigenvalue weighted by atomic mass is 10.1. The van der Waals surface area contributed by atoms with E-state index in [0.29, 0.717) is 12.2 Å². The average Bonchev–Trinajstić information content (AvgIpc) is 2.84. The third-order valence-corrected chi connectivity index (χ3v) is 4.15. The van der Waals surface area contributed by atoms with Gasteiger partial charge in [0, 0.05) is 17.3 Å². The van der Waals surface area contributed by atoms with Crippen LogP contribution in [0, 0.1) is 6.92 Å². The lowest BCUT2D eigenvalue weighted by Crippen LogP contribution is -2.35. The second kappa shape index (κ2) is 5.84. The zero-order valence-corrected chi connectivity index (χ0v) is 13.3. The van der Waals surface area contributed by atoms with Gasteiger partial charge >= 0.3 is 0 Å². The van der Waals surface area contributed by atoms with Gasteiger partial charge in [0.25, 0.3) is 5.91 Å². The summed E-state index contributed by atoms with van der Waals surface area (Å²) in [5, 5.41) is 0. The lowest BCUT2D eigenvalue weighted by molar-refractivity contribution is 0.0981. The van der Waals surface area contributed by atoms with Crippen molar-refractivity contribution in [2.75, 3.05) is 11.5 Å². The molecule has 0 radical (unpaired) electrons. The fourth-order valence-corrected chi connectivity index (χ4v) is 3.11. The highest BCUT2D eigenvalue weighted by Gasteiger charge is 2.31. The van der Waals surface area contributed by atoms with Gasteiger partial charge in [-0.15, -0.1) is 0 Å². The van der Waals surface area contributed by atoms with Crippen LogP contribution < -0.4 is 9.64 Å². The molecule has 114 valence electrons. The molecule has 3 rings (SSSR count). The molecule has 1 heterocycles. The quantitative estimate of drug-likeness (QED) is 0.857. The summed E-state index contributed by atoms with van der Waals surface area (Å²) in [7, 11) is 0. The van der Waals surface area contributed by atoms with E-state index >= 15 is 0 Å². The largest absolute Gasteiger partial charge is 0.494 e. The van der Waals surface area contributed by atoms with Crippen molar-refractivity contribution in [1.29, 1.82) is 0 Å². The van der Waals surface area contributed by atoms with E-state index in [-0.39, 0.29) is 11.9 Å². The number of carbonyl (C=O) groups excluding carboxylic acids is 1. The zero-order valence-electron chi connectivity index (χ0n) is 13.3.